The fourth-order valence-corrected chi connectivity index (χ4v) is 2.67. The largest absolute Gasteiger partial charge is 0.497 e. The summed E-state index contributed by atoms with van der Waals surface area (Å²) in [7, 11) is 3.06. The lowest BCUT2D eigenvalue weighted by molar-refractivity contribution is -0.139. The highest BCUT2D eigenvalue weighted by Gasteiger charge is 2.29. The molecule has 150 valence electrons. The van der Waals surface area contributed by atoms with Gasteiger partial charge in [-0.1, -0.05) is 30.3 Å². The number of hydrogen-bond donors (Lipinski definition) is 2. The first kappa shape index (κ1) is 21.1. The summed E-state index contributed by atoms with van der Waals surface area (Å²) < 4.78 is 16.0. The zero-order valence-corrected chi connectivity index (χ0v) is 16.4. The summed E-state index contributed by atoms with van der Waals surface area (Å²) in [4.78, 5) is 23.9. The molecule has 0 fully saturated rings. The third-order valence-electron chi connectivity index (χ3n) is 4.27. The minimum Gasteiger partial charge on any atom is -0.497 e. The molecule has 0 bridgehead atoms. The molecule has 0 aliphatic heterocycles. The van der Waals surface area contributed by atoms with Crippen LogP contribution in [0.5, 0.6) is 11.5 Å². The highest BCUT2D eigenvalue weighted by molar-refractivity contribution is 5.80. The van der Waals surface area contributed by atoms with Crippen LogP contribution < -0.4 is 14.8 Å². The maximum absolute atomic E-state index is 12.4. The van der Waals surface area contributed by atoms with Gasteiger partial charge in [0.15, 0.2) is 0 Å². The Hall–Kier alpha value is -3.22. The third-order valence-corrected chi connectivity index (χ3v) is 4.27. The standard InChI is InChI=1S/C21H25NO6/c1-21(2,15-11-16(26-3)13-17(12-15)27-4)28-20(25)22-18(19(23)24)10-14-8-6-5-7-9-14/h5-9,11-13,18H,10H2,1-4H3,(H,22,25)(H,23,24)/t18-/m0/s1. The summed E-state index contributed by atoms with van der Waals surface area (Å²) >= 11 is 0. The summed E-state index contributed by atoms with van der Waals surface area (Å²) in [5, 5.41) is 11.9. The molecule has 0 aromatic heterocycles. The molecule has 0 unspecified atom stereocenters. The Morgan fingerprint density at radius 1 is 1.04 bits per heavy atom. The molecule has 2 N–H and O–H groups in total. The monoisotopic (exact) mass is 387 g/mol. The van der Waals surface area contributed by atoms with E-state index in [9.17, 15) is 14.7 Å². The quantitative estimate of drug-likeness (QED) is 0.721. The number of carboxylic acid groups (broad SMARTS) is 1. The van der Waals surface area contributed by atoms with E-state index in [0.29, 0.717) is 17.1 Å². The number of rotatable bonds is 8. The van der Waals surface area contributed by atoms with Gasteiger partial charge >= 0.3 is 12.1 Å². The maximum Gasteiger partial charge on any atom is 0.408 e. The zero-order chi connectivity index (χ0) is 20.7. The van der Waals surface area contributed by atoms with Crippen molar-refractivity contribution in [2.24, 2.45) is 0 Å². The molecule has 1 atom stereocenters. The van der Waals surface area contributed by atoms with Crippen LogP contribution in [0.1, 0.15) is 25.0 Å². The van der Waals surface area contributed by atoms with E-state index in [-0.39, 0.29) is 6.42 Å². The number of aliphatic carboxylic acids is 1. The number of carbonyl (C=O) groups excluding carboxylic acids is 1. The molecule has 7 nitrogen and oxygen atoms in total. The van der Waals surface area contributed by atoms with Gasteiger partial charge in [0.2, 0.25) is 0 Å². The van der Waals surface area contributed by atoms with Crippen LogP contribution >= 0.6 is 0 Å². The normalized spacial score (nSPS) is 12.0. The molecule has 7 heteroatoms. The zero-order valence-electron chi connectivity index (χ0n) is 16.4. The van der Waals surface area contributed by atoms with Gasteiger partial charge in [-0.3, -0.25) is 0 Å². The van der Waals surface area contributed by atoms with Crippen LogP contribution in [0, 0.1) is 0 Å². The number of methoxy groups -OCH3 is 2. The Balaban J connectivity index is 2.12. The van der Waals surface area contributed by atoms with Crippen LogP contribution in [-0.4, -0.2) is 37.4 Å². The Kier molecular flexibility index (Phi) is 6.87. The number of amides is 1. The molecular formula is C21H25NO6. The number of carbonyl (C=O) groups is 2. The molecule has 0 heterocycles. The van der Waals surface area contributed by atoms with E-state index in [4.69, 9.17) is 14.2 Å². The predicted molar refractivity (Wildman–Crippen MR) is 104 cm³/mol. The number of benzene rings is 2. The summed E-state index contributed by atoms with van der Waals surface area (Å²) in [5.41, 5.74) is 0.405. The van der Waals surface area contributed by atoms with E-state index in [1.54, 1.807) is 44.2 Å². The number of alkyl carbamates (subject to hydrolysis) is 1. The minimum atomic E-state index is -1.14. The number of nitrogens with one attached hydrogen (secondary N) is 1. The summed E-state index contributed by atoms with van der Waals surface area (Å²) in [6, 6.07) is 13.1. The number of hydrogen-bond acceptors (Lipinski definition) is 5. The van der Waals surface area contributed by atoms with E-state index < -0.39 is 23.7 Å². The molecular weight excluding hydrogens is 362 g/mol. The Morgan fingerprint density at radius 2 is 1.61 bits per heavy atom. The van der Waals surface area contributed by atoms with Gasteiger partial charge in [-0.2, -0.15) is 0 Å². The van der Waals surface area contributed by atoms with Crippen LogP contribution in [-0.2, 0) is 21.6 Å². The molecule has 0 saturated heterocycles. The molecule has 0 saturated carbocycles. The lowest BCUT2D eigenvalue weighted by atomic mass is 9.97. The number of carboxylic acids is 1. The second kappa shape index (κ2) is 9.12. The van der Waals surface area contributed by atoms with E-state index in [1.165, 1.54) is 14.2 Å². The lowest BCUT2D eigenvalue weighted by Crippen LogP contribution is -2.44. The molecule has 2 rings (SSSR count). The average molecular weight is 387 g/mol. The van der Waals surface area contributed by atoms with Crippen molar-refractivity contribution in [2.75, 3.05) is 14.2 Å². The van der Waals surface area contributed by atoms with Crippen LogP contribution in [0.2, 0.25) is 0 Å². The first-order chi connectivity index (χ1) is 13.2. The summed E-state index contributed by atoms with van der Waals surface area (Å²) in [5.74, 6) is -0.0282. The fraction of sp³-hybridized carbons (Fsp3) is 0.333. The molecule has 0 aliphatic rings. The van der Waals surface area contributed by atoms with Crippen molar-refractivity contribution in [1.82, 2.24) is 5.32 Å². The van der Waals surface area contributed by atoms with E-state index in [0.717, 1.165) is 5.56 Å². The predicted octanol–water partition coefficient (Wildman–Crippen LogP) is 3.36. The van der Waals surface area contributed by atoms with Crippen LogP contribution in [0.25, 0.3) is 0 Å². The van der Waals surface area contributed by atoms with Gasteiger partial charge in [0, 0.05) is 18.1 Å². The first-order valence-electron chi connectivity index (χ1n) is 8.75. The van der Waals surface area contributed by atoms with Gasteiger partial charge < -0.3 is 24.6 Å². The maximum atomic E-state index is 12.4. The highest BCUT2D eigenvalue weighted by atomic mass is 16.6. The van der Waals surface area contributed by atoms with Crippen molar-refractivity contribution in [3.63, 3.8) is 0 Å². The van der Waals surface area contributed by atoms with Crippen molar-refractivity contribution in [2.45, 2.75) is 31.9 Å². The molecule has 0 aliphatic carbocycles. The molecule has 1 amide bonds. The molecule has 0 radical (unpaired) electrons. The molecule has 2 aromatic rings. The topological polar surface area (TPSA) is 94.1 Å². The second-order valence-corrected chi connectivity index (χ2v) is 6.73. The highest BCUT2D eigenvalue weighted by Crippen LogP contribution is 2.32. The second-order valence-electron chi connectivity index (χ2n) is 6.73. The van der Waals surface area contributed by atoms with Gasteiger partial charge in [0.1, 0.15) is 23.1 Å². The van der Waals surface area contributed by atoms with E-state index in [1.807, 2.05) is 18.2 Å². The third kappa shape index (κ3) is 5.64. The smallest absolute Gasteiger partial charge is 0.408 e. The van der Waals surface area contributed by atoms with E-state index in [2.05, 4.69) is 5.32 Å². The Morgan fingerprint density at radius 3 is 2.11 bits per heavy atom. The van der Waals surface area contributed by atoms with Gasteiger partial charge in [-0.25, -0.2) is 9.59 Å². The van der Waals surface area contributed by atoms with Gasteiger partial charge in [0.25, 0.3) is 0 Å². The Bertz CT molecular complexity index is 797. The fourth-order valence-electron chi connectivity index (χ4n) is 2.67. The average Bonchev–Trinajstić information content (AvgIpc) is 2.67. The lowest BCUT2D eigenvalue weighted by Gasteiger charge is -2.27. The van der Waals surface area contributed by atoms with Crippen molar-refractivity contribution in [1.29, 1.82) is 0 Å². The SMILES string of the molecule is COc1cc(OC)cc(C(C)(C)OC(=O)N[C@@H](Cc2ccccc2)C(=O)O)c1. The van der Waals surface area contributed by atoms with Crippen molar-refractivity contribution >= 4 is 12.1 Å². The first-order valence-corrected chi connectivity index (χ1v) is 8.75. The summed E-state index contributed by atoms with van der Waals surface area (Å²) in [6.45, 7) is 3.40. The van der Waals surface area contributed by atoms with E-state index >= 15 is 0 Å². The number of ether oxygens (including phenoxy) is 3. The van der Waals surface area contributed by atoms with Gasteiger partial charge in [0.05, 0.1) is 14.2 Å². The van der Waals surface area contributed by atoms with Crippen LogP contribution in [0.3, 0.4) is 0 Å². The van der Waals surface area contributed by atoms with Gasteiger partial charge in [-0.15, -0.1) is 0 Å². The minimum absolute atomic E-state index is 0.151. The van der Waals surface area contributed by atoms with Crippen molar-refractivity contribution in [3.05, 3.63) is 59.7 Å². The van der Waals surface area contributed by atoms with Gasteiger partial charge in [-0.05, 0) is 31.5 Å². The van der Waals surface area contributed by atoms with Crippen molar-refractivity contribution in [3.8, 4) is 11.5 Å². The molecule has 2 aromatic carbocycles. The van der Waals surface area contributed by atoms with Crippen LogP contribution in [0.15, 0.2) is 48.5 Å². The molecule has 0 spiro atoms. The van der Waals surface area contributed by atoms with Crippen molar-refractivity contribution < 1.29 is 28.9 Å². The Labute approximate surface area is 164 Å². The summed E-state index contributed by atoms with van der Waals surface area (Å²) in [6.07, 6.45) is -0.672. The van der Waals surface area contributed by atoms with Crippen LogP contribution in [0.4, 0.5) is 4.79 Å². The molecule has 28 heavy (non-hydrogen) atoms.